The summed E-state index contributed by atoms with van der Waals surface area (Å²) in [6, 6.07) is 11.2. The van der Waals surface area contributed by atoms with Crippen molar-refractivity contribution < 1.29 is 14.5 Å². The zero-order valence-electron chi connectivity index (χ0n) is 15.0. The standard InChI is InChI=1S/C19H19N3O4S/c1-12(13-4-3-5-15(10-13)22(25)26)21(2)19(24)14-6-7-17-16(11-14)20-18(23)8-9-27-17/h3-7,10-12H,8-9H2,1-2H3,(H,20,23). The number of hydrogen-bond acceptors (Lipinski definition) is 5. The molecule has 1 atom stereocenters. The second-order valence-electron chi connectivity index (χ2n) is 6.30. The summed E-state index contributed by atoms with van der Waals surface area (Å²) in [4.78, 5) is 37.7. The number of hydrogen-bond donors (Lipinski definition) is 1. The van der Waals surface area contributed by atoms with E-state index in [9.17, 15) is 19.7 Å². The van der Waals surface area contributed by atoms with Gasteiger partial charge in [0, 0.05) is 41.8 Å². The lowest BCUT2D eigenvalue weighted by molar-refractivity contribution is -0.384. The number of amides is 2. The number of nitro groups is 1. The lowest BCUT2D eigenvalue weighted by Gasteiger charge is -2.25. The summed E-state index contributed by atoms with van der Waals surface area (Å²) >= 11 is 1.58. The molecular formula is C19H19N3O4S. The second kappa shape index (κ2) is 7.79. The molecule has 27 heavy (non-hydrogen) atoms. The van der Waals surface area contributed by atoms with Crippen molar-refractivity contribution in [2.24, 2.45) is 0 Å². The molecule has 0 aromatic heterocycles. The van der Waals surface area contributed by atoms with Gasteiger partial charge in [0.1, 0.15) is 0 Å². The van der Waals surface area contributed by atoms with Crippen LogP contribution in [0.4, 0.5) is 11.4 Å². The van der Waals surface area contributed by atoms with Gasteiger partial charge in [0.15, 0.2) is 0 Å². The Morgan fingerprint density at radius 1 is 1.30 bits per heavy atom. The fourth-order valence-corrected chi connectivity index (χ4v) is 3.79. The van der Waals surface area contributed by atoms with Gasteiger partial charge >= 0.3 is 0 Å². The van der Waals surface area contributed by atoms with Crippen LogP contribution in [0.3, 0.4) is 0 Å². The third-order valence-electron chi connectivity index (χ3n) is 4.55. The number of nitrogens with zero attached hydrogens (tertiary/aromatic N) is 2. The number of carbonyl (C=O) groups is 2. The van der Waals surface area contributed by atoms with E-state index in [1.54, 1.807) is 43.1 Å². The lowest BCUT2D eigenvalue weighted by atomic mass is 10.1. The molecule has 1 unspecified atom stereocenters. The fraction of sp³-hybridized carbons (Fsp3) is 0.263. The molecule has 1 aliphatic heterocycles. The number of nitrogens with one attached hydrogen (secondary N) is 1. The molecule has 0 bridgehead atoms. The molecule has 2 amide bonds. The molecule has 0 saturated carbocycles. The predicted octanol–water partition coefficient (Wildman–Crippen LogP) is 3.86. The highest BCUT2D eigenvalue weighted by Crippen LogP contribution is 2.32. The first kappa shape index (κ1) is 18.9. The van der Waals surface area contributed by atoms with Gasteiger partial charge < -0.3 is 10.2 Å². The summed E-state index contributed by atoms with van der Waals surface area (Å²) in [6.45, 7) is 1.82. The summed E-state index contributed by atoms with van der Waals surface area (Å²) in [7, 11) is 1.66. The lowest BCUT2D eigenvalue weighted by Crippen LogP contribution is -2.29. The Labute approximate surface area is 160 Å². The average Bonchev–Trinajstić information content (AvgIpc) is 2.86. The second-order valence-corrected chi connectivity index (χ2v) is 7.44. The number of benzene rings is 2. The van der Waals surface area contributed by atoms with Crippen molar-refractivity contribution in [3.63, 3.8) is 0 Å². The maximum absolute atomic E-state index is 12.9. The highest BCUT2D eigenvalue weighted by molar-refractivity contribution is 7.99. The van der Waals surface area contributed by atoms with Crippen molar-refractivity contribution >= 4 is 35.0 Å². The monoisotopic (exact) mass is 385 g/mol. The number of thioether (sulfide) groups is 1. The van der Waals surface area contributed by atoms with E-state index in [1.165, 1.54) is 17.0 Å². The summed E-state index contributed by atoms with van der Waals surface area (Å²) in [5.74, 6) is 0.417. The number of nitro benzene ring substituents is 1. The van der Waals surface area contributed by atoms with Crippen molar-refractivity contribution in [1.82, 2.24) is 4.90 Å². The van der Waals surface area contributed by atoms with Crippen LogP contribution < -0.4 is 5.32 Å². The molecule has 0 radical (unpaired) electrons. The molecule has 0 saturated heterocycles. The normalized spacial score (nSPS) is 14.5. The molecule has 2 aromatic rings. The van der Waals surface area contributed by atoms with Gasteiger partial charge in [-0.15, -0.1) is 11.8 Å². The SMILES string of the molecule is CC(c1cccc([N+](=O)[O-])c1)N(C)C(=O)c1ccc2c(c1)NC(=O)CCS2. The first-order valence-electron chi connectivity index (χ1n) is 8.45. The van der Waals surface area contributed by atoms with E-state index in [-0.39, 0.29) is 23.5 Å². The quantitative estimate of drug-likeness (QED) is 0.637. The van der Waals surface area contributed by atoms with Crippen LogP contribution in [0.25, 0.3) is 0 Å². The summed E-state index contributed by atoms with van der Waals surface area (Å²) in [5.41, 5.74) is 1.77. The number of carbonyl (C=O) groups excluding carboxylic acids is 2. The van der Waals surface area contributed by atoms with Gasteiger partial charge in [0.2, 0.25) is 5.91 Å². The zero-order valence-corrected chi connectivity index (χ0v) is 15.8. The molecule has 140 valence electrons. The van der Waals surface area contributed by atoms with Crippen molar-refractivity contribution in [2.45, 2.75) is 24.3 Å². The van der Waals surface area contributed by atoms with Crippen molar-refractivity contribution in [3.05, 3.63) is 63.7 Å². The summed E-state index contributed by atoms with van der Waals surface area (Å²) in [6.07, 6.45) is 0.437. The third-order valence-corrected chi connectivity index (χ3v) is 5.63. The zero-order chi connectivity index (χ0) is 19.6. The van der Waals surface area contributed by atoms with E-state index >= 15 is 0 Å². The first-order chi connectivity index (χ1) is 12.9. The topological polar surface area (TPSA) is 92.6 Å². The van der Waals surface area contributed by atoms with E-state index < -0.39 is 4.92 Å². The van der Waals surface area contributed by atoms with Crippen LogP contribution in [-0.2, 0) is 4.79 Å². The minimum absolute atomic E-state index is 0.00929. The molecule has 7 nitrogen and oxygen atoms in total. The van der Waals surface area contributed by atoms with Crippen LogP contribution in [0.1, 0.15) is 35.3 Å². The maximum atomic E-state index is 12.9. The number of anilines is 1. The van der Waals surface area contributed by atoms with Crippen LogP contribution in [0.2, 0.25) is 0 Å². The Bertz CT molecular complexity index is 916. The summed E-state index contributed by atoms with van der Waals surface area (Å²) < 4.78 is 0. The smallest absolute Gasteiger partial charge is 0.269 e. The molecule has 0 spiro atoms. The molecule has 1 N–H and O–H groups in total. The van der Waals surface area contributed by atoms with E-state index in [2.05, 4.69) is 5.32 Å². The van der Waals surface area contributed by atoms with Gasteiger partial charge in [0.05, 0.1) is 16.7 Å². The Morgan fingerprint density at radius 3 is 2.81 bits per heavy atom. The maximum Gasteiger partial charge on any atom is 0.269 e. The first-order valence-corrected chi connectivity index (χ1v) is 9.43. The van der Waals surface area contributed by atoms with Gasteiger partial charge in [-0.1, -0.05) is 12.1 Å². The molecule has 1 heterocycles. The molecule has 3 rings (SSSR count). The van der Waals surface area contributed by atoms with Crippen LogP contribution in [0, 0.1) is 10.1 Å². The van der Waals surface area contributed by atoms with Crippen LogP contribution in [-0.4, -0.2) is 34.4 Å². The van der Waals surface area contributed by atoms with Crippen molar-refractivity contribution in [3.8, 4) is 0 Å². The molecule has 2 aromatic carbocycles. The minimum Gasteiger partial charge on any atom is -0.335 e. The Morgan fingerprint density at radius 2 is 2.07 bits per heavy atom. The van der Waals surface area contributed by atoms with E-state index in [0.717, 1.165) is 4.90 Å². The van der Waals surface area contributed by atoms with E-state index in [4.69, 9.17) is 0 Å². The van der Waals surface area contributed by atoms with Crippen LogP contribution in [0.5, 0.6) is 0 Å². The molecular weight excluding hydrogens is 366 g/mol. The van der Waals surface area contributed by atoms with Crippen LogP contribution >= 0.6 is 11.8 Å². The average molecular weight is 385 g/mol. The molecule has 1 aliphatic rings. The highest BCUT2D eigenvalue weighted by atomic mass is 32.2. The Hall–Kier alpha value is -2.87. The van der Waals surface area contributed by atoms with Gasteiger partial charge in [-0.2, -0.15) is 0 Å². The van der Waals surface area contributed by atoms with Crippen molar-refractivity contribution in [1.29, 1.82) is 0 Å². The predicted molar refractivity (Wildman–Crippen MR) is 104 cm³/mol. The molecule has 8 heteroatoms. The van der Waals surface area contributed by atoms with Gasteiger partial charge in [0.25, 0.3) is 11.6 Å². The van der Waals surface area contributed by atoms with E-state index in [1.807, 2.05) is 13.0 Å². The molecule has 0 aliphatic carbocycles. The number of non-ortho nitro benzene ring substituents is 1. The van der Waals surface area contributed by atoms with Crippen LogP contribution in [0.15, 0.2) is 47.4 Å². The van der Waals surface area contributed by atoms with Gasteiger partial charge in [-0.05, 0) is 30.7 Å². The van der Waals surface area contributed by atoms with Gasteiger partial charge in [-0.25, -0.2) is 0 Å². The molecule has 0 fully saturated rings. The summed E-state index contributed by atoms with van der Waals surface area (Å²) in [5, 5.41) is 13.8. The Kier molecular flexibility index (Phi) is 5.46. The van der Waals surface area contributed by atoms with E-state index in [0.29, 0.717) is 29.0 Å². The largest absolute Gasteiger partial charge is 0.335 e. The number of rotatable bonds is 4. The van der Waals surface area contributed by atoms with Gasteiger partial charge in [-0.3, -0.25) is 19.7 Å². The van der Waals surface area contributed by atoms with Crippen molar-refractivity contribution in [2.75, 3.05) is 18.1 Å². The number of fused-ring (bicyclic) bond motifs is 1. The highest BCUT2D eigenvalue weighted by Gasteiger charge is 2.22. The third kappa shape index (κ3) is 4.11. The minimum atomic E-state index is -0.454. The Balaban J connectivity index is 1.84. The fourth-order valence-electron chi connectivity index (χ4n) is 2.85.